The Morgan fingerprint density at radius 3 is 2.59 bits per heavy atom. The summed E-state index contributed by atoms with van der Waals surface area (Å²) in [5.74, 6) is 1.78. The number of benzene rings is 1. The average molecular weight is 625 g/mol. The van der Waals surface area contributed by atoms with E-state index in [0.29, 0.717) is 55.8 Å². The van der Waals surface area contributed by atoms with Gasteiger partial charge in [-0.3, -0.25) is 9.98 Å². The van der Waals surface area contributed by atoms with E-state index in [1.165, 1.54) is 16.8 Å². The number of nitrogens with one attached hydrogen (secondary N) is 4. The van der Waals surface area contributed by atoms with Crippen LogP contribution in [0.2, 0.25) is 0 Å². The first-order valence-corrected chi connectivity index (χ1v) is 16.6. The van der Waals surface area contributed by atoms with E-state index in [4.69, 9.17) is 15.9 Å². The molecule has 0 amide bonds. The maximum Gasteiger partial charge on any atom is 0.350 e. The van der Waals surface area contributed by atoms with Gasteiger partial charge in [0.1, 0.15) is 0 Å². The summed E-state index contributed by atoms with van der Waals surface area (Å²) in [5, 5.41) is 17.0. The number of hydrogen-bond donors (Lipinski definition) is 5. The van der Waals surface area contributed by atoms with E-state index in [0.717, 1.165) is 49.9 Å². The Hall–Kier alpha value is -3.95. The second-order valence-corrected chi connectivity index (χ2v) is 13.7. The van der Waals surface area contributed by atoms with Gasteiger partial charge in [0.2, 0.25) is 0 Å². The van der Waals surface area contributed by atoms with Crippen molar-refractivity contribution in [1.82, 2.24) is 34.0 Å². The van der Waals surface area contributed by atoms with Gasteiger partial charge in [-0.1, -0.05) is 6.07 Å². The van der Waals surface area contributed by atoms with Crippen LogP contribution in [-0.2, 0) is 17.1 Å². The Kier molecular flexibility index (Phi) is 8.60. The van der Waals surface area contributed by atoms with Crippen molar-refractivity contribution in [1.29, 1.82) is 5.41 Å². The van der Waals surface area contributed by atoms with Crippen molar-refractivity contribution >= 4 is 27.5 Å². The van der Waals surface area contributed by atoms with Crippen LogP contribution in [0.15, 0.2) is 46.7 Å². The minimum absolute atomic E-state index is 0.00699. The smallest absolute Gasteiger partial charge is 0.350 e. The number of fused-ring (bicyclic) bond motifs is 2. The fourth-order valence-electron chi connectivity index (χ4n) is 6.37. The first kappa shape index (κ1) is 30.1. The molecule has 44 heavy (non-hydrogen) atoms. The number of nitrogens with two attached hydrogens (primary N) is 1. The molecule has 0 radical (unpaired) electrons. The second-order valence-electron chi connectivity index (χ2n) is 11.8. The van der Waals surface area contributed by atoms with Gasteiger partial charge >= 0.3 is 5.69 Å². The highest BCUT2D eigenvalue weighted by Gasteiger charge is 2.32. The van der Waals surface area contributed by atoms with E-state index in [2.05, 4.69) is 25.9 Å². The molecule has 15 heteroatoms. The molecule has 4 heterocycles. The SMILES string of the molecule is Cn1cnc(S(=O)(=O)N2CCC(c3ccc4c(c3)Nc3nc(=O)n(C5CCC(NCCCNC(=N)N)CC5)cc3O4)CC2)c1. The summed E-state index contributed by atoms with van der Waals surface area (Å²) in [6, 6.07) is 6.45. The zero-order valence-corrected chi connectivity index (χ0v) is 25.6. The molecule has 1 saturated carbocycles. The summed E-state index contributed by atoms with van der Waals surface area (Å²) in [6.45, 7) is 2.37. The standard InChI is InChI=1S/C29H40N10O4S/c1-37-17-26(34-18-37)44(41,42)38-13-9-19(10-14-38)20-3-8-24-23(15-20)35-27-25(43-24)16-39(29(40)36-27)22-6-4-21(5-7-22)32-11-2-12-33-28(30)31/h3,8,15-19,21-22,32H,2,4-7,9-14H2,1H3,(H4,30,31,33)(H,35,36,40). The summed E-state index contributed by atoms with van der Waals surface area (Å²) in [5.41, 5.74) is 6.85. The van der Waals surface area contributed by atoms with Crippen molar-refractivity contribution in [2.24, 2.45) is 12.8 Å². The molecule has 2 aromatic heterocycles. The van der Waals surface area contributed by atoms with Crippen LogP contribution in [0.25, 0.3) is 0 Å². The van der Waals surface area contributed by atoms with Crippen LogP contribution in [0.1, 0.15) is 62.5 Å². The predicted octanol–water partition coefficient (Wildman–Crippen LogP) is 2.34. The first-order valence-electron chi connectivity index (χ1n) is 15.2. The van der Waals surface area contributed by atoms with Crippen LogP contribution in [0.3, 0.4) is 0 Å². The number of hydrogen-bond acceptors (Lipinski definition) is 9. The lowest BCUT2D eigenvalue weighted by atomic mass is 9.90. The number of nitrogens with zero attached hydrogens (tertiary/aromatic N) is 5. The maximum atomic E-state index is 13.1. The number of sulfonamides is 1. The molecule has 2 fully saturated rings. The number of imidazole rings is 1. The zero-order chi connectivity index (χ0) is 30.8. The number of aryl methyl sites for hydroxylation is 1. The van der Waals surface area contributed by atoms with Gasteiger partial charge in [-0.2, -0.15) is 9.29 Å². The maximum absolute atomic E-state index is 13.1. The number of ether oxygens (including phenoxy) is 1. The average Bonchev–Trinajstić information content (AvgIpc) is 3.47. The van der Waals surface area contributed by atoms with Gasteiger partial charge in [-0.25, -0.2) is 18.2 Å². The van der Waals surface area contributed by atoms with Crippen LogP contribution < -0.4 is 32.1 Å². The van der Waals surface area contributed by atoms with Gasteiger partial charge in [-0.15, -0.1) is 0 Å². The number of piperidine rings is 1. The van der Waals surface area contributed by atoms with E-state index in [1.807, 2.05) is 18.2 Å². The molecule has 3 aliphatic rings. The lowest BCUT2D eigenvalue weighted by molar-refractivity contribution is 0.282. The Bertz CT molecular complexity index is 1670. The van der Waals surface area contributed by atoms with Gasteiger partial charge in [0, 0.05) is 45.0 Å². The van der Waals surface area contributed by atoms with Crippen LogP contribution in [-0.4, -0.2) is 70.0 Å². The molecule has 0 bridgehead atoms. The molecule has 1 aliphatic carbocycles. The Balaban J connectivity index is 1.05. The van der Waals surface area contributed by atoms with Crippen molar-refractivity contribution in [3.05, 3.63) is 53.0 Å². The molecule has 1 saturated heterocycles. The third-order valence-corrected chi connectivity index (χ3v) is 10.6. The highest BCUT2D eigenvalue weighted by molar-refractivity contribution is 7.89. The van der Waals surface area contributed by atoms with Gasteiger partial charge < -0.3 is 31.0 Å². The van der Waals surface area contributed by atoms with E-state index in [-0.39, 0.29) is 28.6 Å². The van der Waals surface area contributed by atoms with Crippen molar-refractivity contribution in [3.8, 4) is 11.5 Å². The lowest BCUT2D eigenvalue weighted by Gasteiger charge is -2.32. The number of rotatable bonds is 9. The normalized spacial score (nSPS) is 20.7. The fourth-order valence-corrected chi connectivity index (χ4v) is 7.81. The Morgan fingerprint density at radius 1 is 1.11 bits per heavy atom. The van der Waals surface area contributed by atoms with Crippen molar-refractivity contribution in [2.75, 3.05) is 31.5 Å². The van der Waals surface area contributed by atoms with Crippen LogP contribution in [0, 0.1) is 5.41 Å². The molecule has 0 unspecified atom stereocenters. The quantitative estimate of drug-likeness (QED) is 0.105. The molecule has 236 valence electrons. The van der Waals surface area contributed by atoms with Crippen molar-refractivity contribution in [2.45, 2.75) is 68.0 Å². The molecule has 6 rings (SSSR count). The molecule has 0 spiro atoms. The van der Waals surface area contributed by atoms with Gasteiger partial charge in [-0.05, 0) is 75.1 Å². The molecule has 14 nitrogen and oxygen atoms in total. The van der Waals surface area contributed by atoms with Crippen molar-refractivity contribution < 1.29 is 13.2 Å². The molecule has 0 atom stereocenters. The van der Waals surface area contributed by atoms with E-state index >= 15 is 0 Å². The largest absolute Gasteiger partial charge is 0.450 e. The molecule has 6 N–H and O–H groups in total. The fraction of sp³-hybridized carbons (Fsp3) is 0.517. The third kappa shape index (κ3) is 6.44. The van der Waals surface area contributed by atoms with Crippen LogP contribution in [0.4, 0.5) is 11.5 Å². The molecule has 2 aliphatic heterocycles. The minimum Gasteiger partial charge on any atom is -0.450 e. The highest BCUT2D eigenvalue weighted by atomic mass is 32.2. The topological polar surface area (TPSA) is 185 Å². The Labute approximate surface area is 256 Å². The predicted molar refractivity (Wildman–Crippen MR) is 166 cm³/mol. The van der Waals surface area contributed by atoms with Crippen LogP contribution >= 0.6 is 0 Å². The molecule has 1 aromatic carbocycles. The van der Waals surface area contributed by atoms with Gasteiger partial charge in [0.15, 0.2) is 28.3 Å². The van der Waals surface area contributed by atoms with E-state index in [9.17, 15) is 13.2 Å². The molecular weight excluding hydrogens is 584 g/mol. The summed E-state index contributed by atoms with van der Waals surface area (Å²) in [4.78, 5) is 21.4. The number of guanidine groups is 1. The van der Waals surface area contributed by atoms with Crippen LogP contribution in [0.5, 0.6) is 11.5 Å². The Morgan fingerprint density at radius 2 is 1.89 bits per heavy atom. The molecule has 3 aromatic rings. The van der Waals surface area contributed by atoms with Crippen molar-refractivity contribution in [3.63, 3.8) is 0 Å². The minimum atomic E-state index is -3.61. The second kappa shape index (κ2) is 12.6. The summed E-state index contributed by atoms with van der Waals surface area (Å²) >= 11 is 0. The molecular formula is C29H40N10O4S. The summed E-state index contributed by atoms with van der Waals surface area (Å²) in [7, 11) is -1.86. The highest BCUT2D eigenvalue weighted by Crippen LogP contribution is 2.43. The van der Waals surface area contributed by atoms with Gasteiger partial charge in [0.05, 0.1) is 18.2 Å². The zero-order valence-electron chi connectivity index (χ0n) is 24.8. The number of aromatic nitrogens is 4. The first-order chi connectivity index (χ1) is 21.2. The van der Waals surface area contributed by atoms with Gasteiger partial charge in [0.25, 0.3) is 10.0 Å². The summed E-state index contributed by atoms with van der Waals surface area (Å²) < 4.78 is 37.0. The number of anilines is 2. The monoisotopic (exact) mass is 624 g/mol. The van der Waals surface area contributed by atoms with E-state index < -0.39 is 10.0 Å². The summed E-state index contributed by atoms with van der Waals surface area (Å²) in [6.07, 6.45) is 10.8. The third-order valence-electron chi connectivity index (χ3n) is 8.80. The lowest BCUT2D eigenvalue weighted by Crippen LogP contribution is -2.38. The van der Waals surface area contributed by atoms with E-state index in [1.54, 1.807) is 22.4 Å².